The number of methoxy groups -OCH3 is 1. The molecule has 0 aliphatic rings. The molecule has 0 saturated carbocycles. The van der Waals surface area contributed by atoms with Gasteiger partial charge >= 0.3 is 12.1 Å². The molecule has 2 heterocycles. The van der Waals surface area contributed by atoms with Gasteiger partial charge in [0.25, 0.3) is 0 Å². The van der Waals surface area contributed by atoms with Gasteiger partial charge in [0.2, 0.25) is 5.13 Å². The summed E-state index contributed by atoms with van der Waals surface area (Å²) in [6.07, 6.45) is -4.60. The minimum Gasteiger partial charge on any atom is -0.497 e. The molecule has 166 valence electrons. The summed E-state index contributed by atoms with van der Waals surface area (Å²) in [5, 5.41) is 13.9. The smallest absolute Gasteiger partial charge is 0.416 e. The van der Waals surface area contributed by atoms with Gasteiger partial charge in [0.15, 0.2) is 5.69 Å². The van der Waals surface area contributed by atoms with Crippen molar-refractivity contribution in [2.24, 2.45) is 0 Å². The maximum Gasteiger partial charge on any atom is 0.416 e. The first-order valence-corrected chi connectivity index (χ1v) is 10.4. The van der Waals surface area contributed by atoms with Crippen LogP contribution in [0.1, 0.15) is 40.7 Å². The fraction of sp³-hybridized carbons (Fsp3) is 0.227. The standard InChI is InChI=1S/C22H18F3N3O3S/c1-11(2)19-17(12-5-4-6-14(9-12)31-3)26-21(32-19)28-16-8-7-13(22(23,24)25)10-15(16)18(27-28)20(29)30/h4-11H,1-3H3,(H,29,30). The lowest BCUT2D eigenvalue weighted by atomic mass is 10.1. The van der Waals surface area contributed by atoms with Crippen LogP contribution in [-0.4, -0.2) is 33.0 Å². The number of benzene rings is 2. The molecule has 0 fully saturated rings. The van der Waals surface area contributed by atoms with Gasteiger partial charge < -0.3 is 9.84 Å². The predicted molar refractivity (Wildman–Crippen MR) is 115 cm³/mol. The van der Waals surface area contributed by atoms with Gasteiger partial charge in [-0.1, -0.05) is 37.3 Å². The number of hydrogen-bond donors (Lipinski definition) is 1. The molecule has 32 heavy (non-hydrogen) atoms. The molecule has 4 aromatic rings. The first-order chi connectivity index (χ1) is 15.1. The van der Waals surface area contributed by atoms with Crippen LogP contribution in [0.3, 0.4) is 0 Å². The van der Waals surface area contributed by atoms with Gasteiger partial charge in [-0.3, -0.25) is 0 Å². The van der Waals surface area contributed by atoms with Crippen molar-refractivity contribution in [1.82, 2.24) is 14.8 Å². The Kier molecular flexibility index (Phi) is 5.41. The largest absolute Gasteiger partial charge is 0.497 e. The third-order valence-corrected chi connectivity index (χ3v) is 6.23. The summed E-state index contributed by atoms with van der Waals surface area (Å²) >= 11 is 1.31. The zero-order valence-corrected chi connectivity index (χ0v) is 18.1. The molecule has 2 aromatic heterocycles. The van der Waals surface area contributed by atoms with Crippen molar-refractivity contribution in [2.45, 2.75) is 25.9 Å². The van der Waals surface area contributed by atoms with E-state index in [1.807, 2.05) is 38.1 Å². The van der Waals surface area contributed by atoms with Crippen LogP contribution < -0.4 is 4.74 Å². The number of hydrogen-bond acceptors (Lipinski definition) is 5. The van der Waals surface area contributed by atoms with Gasteiger partial charge in [0.1, 0.15) is 5.75 Å². The first kappa shape index (κ1) is 21.8. The van der Waals surface area contributed by atoms with E-state index in [-0.39, 0.29) is 16.8 Å². The molecule has 2 aromatic carbocycles. The molecule has 0 spiro atoms. The lowest BCUT2D eigenvalue weighted by Gasteiger charge is -2.06. The molecule has 0 amide bonds. The van der Waals surface area contributed by atoms with E-state index < -0.39 is 23.4 Å². The molecule has 6 nitrogen and oxygen atoms in total. The van der Waals surface area contributed by atoms with Crippen molar-refractivity contribution >= 4 is 28.2 Å². The molecular weight excluding hydrogens is 443 g/mol. The molecule has 0 bridgehead atoms. The van der Waals surface area contributed by atoms with E-state index in [1.165, 1.54) is 22.1 Å². The monoisotopic (exact) mass is 461 g/mol. The van der Waals surface area contributed by atoms with Crippen LogP contribution in [0.25, 0.3) is 27.3 Å². The Hall–Kier alpha value is -3.40. The first-order valence-electron chi connectivity index (χ1n) is 9.59. The Morgan fingerprint density at radius 3 is 2.56 bits per heavy atom. The minimum absolute atomic E-state index is 0.0973. The summed E-state index contributed by atoms with van der Waals surface area (Å²) in [5.74, 6) is -0.661. The van der Waals surface area contributed by atoms with Gasteiger partial charge in [-0.25, -0.2) is 14.5 Å². The number of halogens is 3. The number of carboxylic acids is 1. The lowest BCUT2D eigenvalue weighted by molar-refractivity contribution is -0.137. The fourth-order valence-electron chi connectivity index (χ4n) is 3.38. The SMILES string of the molecule is COc1cccc(-c2nc(-n3nc(C(=O)O)c4cc(C(F)(F)F)ccc43)sc2C(C)C)c1. The summed E-state index contributed by atoms with van der Waals surface area (Å²) in [4.78, 5) is 17.3. The number of aromatic carboxylic acids is 1. The van der Waals surface area contributed by atoms with Crippen LogP contribution in [0.2, 0.25) is 0 Å². The number of aromatic nitrogens is 3. The van der Waals surface area contributed by atoms with Gasteiger partial charge in [0.05, 0.1) is 23.9 Å². The average molecular weight is 461 g/mol. The molecule has 0 saturated heterocycles. The van der Waals surface area contributed by atoms with Crippen molar-refractivity contribution in [3.63, 3.8) is 0 Å². The molecule has 0 aliphatic heterocycles. The van der Waals surface area contributed by atoms with Crippen molar-refractivity contribution < 1.29 is 27.8 Å². The van der Waals surface area contributed by atoms with Gasteiger partial charge in [-0.05, 0) is 36.2 Å². The van der Waals surface area contributed by atoms with E-state index in [0.29, 0.717) is 16.6 Å². The molecule has 0 atom stereocenters. The fourth-order valence-corrected chi connectivity index (χ4v) is 4.43. The minimum atomic E-state index is -4.60. The number of thiazole rings is 1. The Morgan fingerprint density at radius 2 is 1.94 bits per heavy atom. The number of carbonyl (C=O) groups is 1. The molecule has 0 aliphatic carbocycles. The second-order valence-electron chi connectivity index (χ2n) is 7.39. The van der Waals surface area contributed by atoms with E-state index in [1.54, 1.807) is 7.11 Å². The normalized spacial score (nSPS) is 12.0. The van der Waals surface area contributed by atoms with Gasteiger partial charge in [-0.15, -0.1) is 0 Å². The maximum absolute atomic E-state index is 13.2. The molecule has 0 unspecified atom stereocenters. The third-order valence-electron chi connectivity index (χ3n) is 4.90. The number of nitrogens with zero attached hydrogens (tertiary/aromatic N) is 3. The van der Waals surface area contributed by atoms with Crippen molar-refractivity contribution in [3.8, 4) is 22.1 Å². The number of carboxylic acid groups (broad SMARTS) is 1. The summed E-state index contributed by atoms with van der Waals surface area (Å²) in [7, 11) is 1.56. The van der Waals surface area contributed by atoms with Crippen molar-refractivity contribution in [2.75, 3.05) is 7.11 Å². The highest BCUT2D eigenvalue weighted by molar-refractivity contribution is 7.14. The number of fused-ring (bicyclic) bond motifs is 1. The second kappa shape index (κ2) is 7.94. The van der Waals surface area contributed by atoms with E-state index in [9.17, 15) is 23.1 Å². The second-order valence-corrected chi connectivity index (χ2v) is 8.40. The molecule has 1 N–H and O–H groups in total. The van der Waals surface area contributed by atoms with E-state index in [4.69, 9.17) is 4.74 Å². The topological polar surface area (TPSA) is 77.2 Å². The van der Waals surface area contributed by atoms with Crippen LogP contribution in [-0.2, 0) is 6.18 Å². The van der Waals surface area contributed by atoms with Gasteiger partial charge in [-0.2, -0.15) is 18.3 Å². The summed E-state index contributed by atoms with van der Waals surface area (Å²) in [6, 6.07) is 10.3. The highest BCUT2D eigenvalue weighted by atomic mass is 32.1. The summed E-state index contributed by atoms with van der Waals surface area (Å²) < 4.78 is 46.1. The number of rotatable bonds is 5. The predicted octanol–water partition coefficient (Wildman–Crippen LogP) is 6.00. The Labute approximate surface area is 184 Å². The molecule has 10 heteroatoms. The highest BCUT2D eigenvalue weighted by Crippen LogP contribution is 2.38. The van der Waals surface area contributed by atoms with E-state index in [2.05, 4.69) is 10.1 Å². The highest BCUT2D eigenvalue weighted by Gasteiger charge is 2.32. The number of alkyl halides is 3. The van der Waals surface area contributed by atoms with E-state index in [0.717, 1.165) is 22.6 Å². The molecular formula is C22H18F3N3O3S. The quantitative estimate of drug-likeness (QED) is 0.395. The van der Waals surface area contributed by atoms with Crippen LogP contribution in [0.15, 0.2) is 42.5 Å². The zero-order valence-electron chi connectivity index (χ0n) is 17.3. The van der Waals surface area contributed by atoms with Crippen LogP contribution >= 0.6 is 11.3 Å². The van der Waals surface area contributed by atoms with Gasteiger partial charge in [0, 0.05) is 15.8 Å². The zero-order chi connectivity index (χ0) is 23.2. The third kappa shape index (κ3) is 3.81. The van der Waals surface area contributed by atoms with Crippen LogP contribution in [0.5, 0.6) is 5.75 Å². The maximum atomic E-state index is 13.2. The average Bonchev–Trinajstić information content (AvgIpc) is 3.35. The molecule has 0 radical (unpaired) electrons. The van der Waals surface area contributed by atoms with Crippen LogP contribution in [0.4, 0.5) is 13.2 Å². The van der Waals surface area contributed by atoms with E-state index >= 15 is 0 Å². The van der Waals surface area contributed by atoms with Crippen molar-refractivity contribution in [1.29, 1.82) is 0 Å². The summed E-state index contributed by atoms with van der Waals surface area (Å²) in [5.41, 5.74) is 0.328. The lowest BCUT2D eigenvalue weighted by Crippen LogP contribution is -2.04. The Bertz CT molecular complexity index is 1330. The van der Waals surface area contributed by atoms with Crippen molar-refractivity contribution in [3.05, 3.63) is 58.6 Å². The van der Waals surface area contributed by atoms with Crippen LogP contribution in [0, 0.1) is 0 Å². The number of ether oxygens (including phenoxy) is 1. The Morgan fingerprint density at radius 1 is 1.19 bits per heavy atom. The molecule has 4 rings (SSSR count). The Balaban J connectivity index is 1.94. The summed E-state index contributed by atoms with van der Waals surface area (Å²) in [6.45, 7) is 4.00.